The Bertz CT molecular complexity index is 611. The zero-order chi connectivity index (χ0) is 17.6. The van der Waals surface area contributed by atoms with Crippen molar-refractivity contribution in [1.29, 1.82) is 0 Å². The predicted molar refractivity (Wildman–Crippen MR) is 93.7 cm³/mol. The van der Waals surface area contributed by atoms with E-state index in [1.807, 2.05) is 24.3 Å². The molecule has 0 aromatic heterocycles. The number of fused-ring (bicyclic) bond motifs is 1. The first kappa shape index (κ1) is 17.6. The molecule has 3 rings (SSSR count). The highest BCUT2D eigenvalue weighted by molar-refractivity contribution is 5.77. The van der Waals surface area contributed by atoms with Crippen molar-refractivity contribution in [3.8, 4) is 5.75 Å². The van der Waals surface area contributed by atoms with Gasteiger partial charge < -0.3 is 19.7 Å². The maximum absolute atomic E-state index is 12.5. The topological polar surface area (TPSA) is 67.9 Å². The molecule has 2 amide bonds. The van der Waals surface area contributed by atoms with Crippen molar-refractivity contribution in [3.05, 3.63) is 29.8 Å². The Labute approximate surface area is 148 Å². The molecule has 0 bridgehead atoms. The van der Waals surface area contributed by atoms with Crippen LogP contribution in [0.2, 0.25) is 0 Å². The third kappa shape index (κ3) is 4.44. The van der Waals surface area contributed by atoms with E-state index in [-0.39, 0.29) is 24.0 Å². The summed E-state index contributed by atoms with van der Waals surface area (Å²) < 4.78 is 10.7. The molecular formula is C19H26N2O4. The minimum atomic E-state index is -0.258. The summed E-state index contributed by atoms with van der Waals surface area (Å²) in [4.78, 5) is 25.9. The number of hydrogen-bond acceptors (Lipinski definition) is 4. The van der Waals surface area contributed by atoms with Crippen LogP contribution >= 0.6 is 0 Å². The van der Waals surface area contributed by atoms with E-state index >= 15 is 0 Å². The van der Waals surface area contributed by atoms with Gasteiger partial charge in [-0.15, -0.1) is 0 Å². The highest BCUT2D eigenvalue weighted by atomic mass is 16.6. The molecule has 1 aromatic carbocycles. The molecule has 6 heteroatoms. The van der Waals surface area contributed by atoms with E-state index in [9.17, 15) is 9.59 Å². The molecule has 1 fully saturated rings. The second kappa shape index (κ2) is 8.23. The van der Waals surface area contributed by atoms with Crippen molar-refractivity contribution < 1.29 is 19.1 Å². The van der Waals surface area contributed by atoms with Gasteiger partial charge in [-0.3, -0.25) is 4.79 Å². The zero-order valence-corrected chi connectivity index (χ0v) is 14.7. The molecule has 6 nitrogen and oxygen atoms in total. The maximum Gasteiger partial charge on any atom is 0.409 e. The fourth-order valence-corrected chi connectivity index (χ4v) is 3.56. The smallest absolute Gasteiger partial charge is 0.409 e. The highest BCUT2D eigenvalue weighted by Crippen LogP contribution is 2.35. The van der Waals surface area contributed by atoms with Crippen molar-refractivity contribution in [2.75, 3.05) is 26.3 Å². The Morgan fingerprint density at radius 2 is 2.00 bits per heavy atom. The molecule has 1 saturated heterocycles. The van der Waals surface area contributed by atoms with Crippen molar-refractivity contribution in [1.82, 2.24) is 10.2 Å². The van der Waals surface area contributed by atoms with Crippen molar-refractivity contribution in [3.63, 3.8) is 0 Å². The van der Waals surface area contributed by atoms with Gasteiger partial charge in [0.2, 0.25) is 5.91 Å². The maximum atomic E-state index is 12.5. The van der Waals surface area contributed by atoms with Crippen LogP contribution in [0, 0.1) is 0 Å². The number of ether oxygens (including phenoxy) is 2. The summed E-state index contributed by atoms with van der Waals surface area (Å²) in [7, 11) is 0. The number of benzene rings is 1. The van der Waals surface area contributed by atoms with Gasteiger partial charge in [-0.05, 0) is 43.7 Å². The summed E-state index contributed by atoms with van der Waals surface area (Å²) in [6.45, 7) is 4.11. The number of likely N-dealkylation sites (tertiary alicyclic amines) is 1. The number of nitrogens with zero attached hydrogens (tertiary/aromatic N) is 1. The lowest BCUT2D eigenvalue weighted by Crippen LogP contribution is -2.47. The monoisotopic (exact) mass is 346 g/mol. The molecule has 2 aliphatic heterocycles. The third-order valence-corrected chi connectivity index (χ3v) is 4.90. The molecule has 0 saturated carbocycles. The molecule has 1 N–H and O–H groups in total. The van der Waals surface area contributed by atoms with Gasteiger partial charge in [0, 0.05) is 25.6 Å². The third-order valence-electron chi connectivity index (χ3n) is 4.90. The summed E-state index contributed by atoms with van der Waals surface area (Å²) in [5.74, 6) is 1.19. The van der Waals surface area contributed by atoms with E-state index in [0.717, 1.165) is 30.6 Å². The van der Waals surface area contributed by atoms with Crippen LogP contribution in [0.5, 0.6) is 5.75 Å². The van der Waals surface area contributed by atoms with Crippen LogP contribution in [-0.2, 0) is 9.53 Å². The lowest BCUT2D eigenvalue weighted by Gasteiger charge is -2.32. The number of rotatable bonds is 4. The van der Waals surface area contributed by atoms with Crippen LogP contribution in [-0.4, -0.2) is 49.2 Å². The van der Waals surface area contributed by atoms with Gasteiger partial charge in [0.05, 0.1) is 13.2 Å². The van der Waals surface area contributed by atoms with E-state index in [2.05, 4.69) is 5.32 Å². The van der Waals surface area contributed by atoms with Crippen LogP contribution in [0.1, 0.15) is 44.1 Å². The molecule has 0 spiro atoms. The zero-order valence-electron chi connectivity index (χ0n) is 14.7. The molecule has 2 heterocycles. The van der Waals surface area contributed by atoms with Crippen LogP contribution in [0.25, 0.3) is 0 Å². The van der Waals surface area contributed by atoms with E-state index in [4.69, 9.17) is 9.47 Å². The van der Waals surface area contributed by atoms with Crippen LogP contribution in [0.15, 0.2) is 24.3 Å². The molecule has 1 atom stereocenters. The largest absolute Gasteiger partial charge is 0.493 e. The first-order valence-electron chi connectivity index (χ1n) is 9.10. The van der Waals surface area contributed by atoms with Crippen LogP contribution in [0.4, 0.5) is 4.79 Å². The van der Waals surface area contributed by atoms with Crippen LogP contribution < -0.4 is 10.1 Å². The molecule has 2 aliphatic rings. The average Bonchev–Trinajstić information content (AvgIpc) is 2.63. The van der Waals surface area contributed by atoms with Gasteiger partial charge in [0.25, 0.3) is 0 Å². The fraction of sp³-hybridized carbons (Fsp3) is 0.579. The lowest BCUT2D eigenvalue weighted by atomic mass is 9.90. The number of para-hydroxylation sites is 1. The Morgan fingerprint density at radius 3 is 2.76 bits per heavy atom. The van der Waals surface area contributed by atoms with Gasteiger partial charge in [0.1, 0.15) is 5.75 Å². The minimum absolute atomic E-state index is 0.0799. The molecule has 25 heavy (non-hydrogen) atoms. The number of amides is 2. The van der Waals surface area contributed by atoms with Gasteiger partial charge in [0.15, 0.2) is 0 Å². The number of hydrogen-bond donors (Lipinski definition) is 1. The predicted octanol–water partition coefficient (Wildman–Crippen LogP) is 2.68. The average molecular weight is 346 g/mol. The molecule has 1 unspecified atom stereocenters. The first-order chi connectivity index (χ1) is 12.2. The summed E-state index contributed by atoms with van der Waals surface area (Å²) in [6.07, 6.45) is 2.64. The van der Waals surface area contributed by atoms with Gasteiger partial charge in [-0.25, -0.2) is 4.79 Å². The molecule has 0 aliphatic carbocycles. The van der Waals surface area contributed by atoms with Gasteiger partial charge in [-0.2, -0.15) is 0 Å². The number of carbonyl (C=O) groups excluding carboxylic acids is 2. The normalized spacial score (nSPS) is 20.4. The number of piperidine rings is 1. The van der Waals surface area contributed by atoms with E-state index in [0.29, 0.717) is 32.7 Å². The Balaban J connectivity index is 1.47. The Kier molecular flexibility index (Phi) is 5.79. The summed E-state index contributed by atoms with van der Waals surface area (Å²) >= 11 is 0. The van der Waals surface area contributed by atoms with E-state index in [1.165, 1.54) is 0 Å². The SMILES string of the molecule is CCOC(=O)N1CCC(NC(=O)CC2CCOc3ccccc32)CC1. The van der Waals surface area contributed by atoms with Crippen molar-refractivity contribution in [2.24, 2.45) is 0 Å². The molecule has 136 valence electrons. The molecular weight excluding hydrogens is 320 g/mol. The summed E-state index contributed by atoms with van der Waals surface area (Å²) in [6, 6.07) is 8.09. The number of nitrogens with one attached hydrogen (secondary N) is 1. The quantitative estimate of drug-likeness (QED) is 0.910. The fourth-order valence-electron chi connectivity index (χ4n) is 3.56. The van der Waals surface area contributed by atoms with Gasteiger partial charge in [-0.1, -0.05) is 18.2 Å². The summed E-state index contributed by atoms with van der Waals surface area (Å²) in [5, 5.41) is 3.13. The lowest BCUT2D eigenvalue weighted by molar-refractivity contribution is -0.122. The minimum Gasteiger partial charge on any atom is -0.493 e. The van der Waals surface area contributed by atoms with Crippen molar-refractivity contribution in [2.45, 2.75) is 44.6 Å². The second-order valence-electron chi connectivity index (χ2n) is 6.60. The van der Waals surface area contributed by atoms with E-state index < -0.39 is 0 Å². The first-order valence-corrected chi connectivity index (χ1v) is 9.10. The Morgan fingerprint density at radius 1 is 1.24 bits per heavy atom. The highest BCUT2D eigenvalue weighted by Gasteiger charge is 2.27. The standard InChI is InChI=1S/C19H26N2O4/c1-2-24-19(23)21-10-7-15(8-11-21)20-18(22)13-14-9-12-25-17-6-4-3-5-16(14)17/h3-6,14-15H,2,7-13H2,1H3,(H,20,22). The number of carbonyl (C=O) groups is 2. The molecule has 1 aromatic rings. The van der Waals surface area contributed by atoms with Crippen molar-refractivity contribution >= 4 is 12.0 Å². The second-order valence-corrected chi connectivity index (χ2v) is 6.60. The molecule has 0 radical (unpaired) electrons. The van der Waals surface area contributed by atoms with Gasteiger partial charge >= 0.3 is 6.09 Å². The Hall–Kier alpha value is -2.24. The van der Waals surface area contributed by atoms with E-state index in [1.54, 1.807) is 11.8 Å². The summed E-state index contributed by atoms with van der Waals surface area (Å²) in [5.41, 5.74) is 1.13. The van der Waals surface area contributed by atoms with Crippen LogP contribution in [0.3, 0.4) is 0 Å².